The highest BCUT2D eigenvalue weighted by Gasteiger charge is 1.97. The number of rotatable bonds is 1. The Kier molecular flexibility index (Phi) is 1.99. The van der Waals surface area contributed by atoms with Crippen molar-refractivity contribution in [3.8, 4) is 0 Å². The van der Waals surface area contributed by atoms with Gasteiger partial charge in [-0.1, -0.05) is 29.8 Å². The fourth-order valence-corrected chi connectivity index (χ4v) is 1.49. The lowest BCUT2D eigenvalue weighted by Gasteiger charge is -2.03. The lowest BCUT2D eigenvalue weighted by atomic mass is 10.1. The summed E-state index contributed by atoms with van der Waals surface area (Å²) in [7, 11) is 0. The molecule has 0 fully saturated rings. The fraction of sp³-hybridized carbons (Fsp3) is 0. The van der Waals surface area contributed by atoms with Gasteiger partial charge in [-0.05, 0) is 23.6 Å². The molecule has 0 spiro atoms. The maximum absolute atomic E-state index is 8.71. The smallest absolute Gasteiger partial charge is 0.0476 e. The van der Waals surface area contributed by atoms with Crippen LogP contribution in [0.4, 0.5) is 5.69 Å². The minimum atomic E-state index is 0.542. The SMILES string of the molecule is [N-]=Nc1cccc2ccc(Cl)cc12. The number of halogens is 1. The standard InChI is InChI=1S/C10H6ClN2/c11-8-5-4-7-2-1-3-10(13-12)9(7)6-8/h1-6H/q-1. The molecule has 13 heavy (non-hydrogen) atoms. The summed E-state index contributed by atoms with van der Waals surface area (Å²) in [5.41, 5.74) is 9.25. The van der Waals surface area contributed by atoms with Crippen molar-refractivity contribution in [3.63, 3.8) is 0 Å². The Morgan fingerprint density at radius 3 is 2.77 bits per heavy atom. The van der Waals surface area contributed by atoms with E-state index >= 15 is 0 Å². The van der Waals surface area contributed by atoms with Crippen LogP contribution in [0, 0.1) is 0 Å². The first kappa shape index (κ1) is 8.20. The van der Waals surface area contributed by atoms with Gasteiger partial charge in [0.2, 0.25) is 0 Å². The van der Waals surface area contributed by atoms with Crippen LogP contribution in [0.2, 0.25) is 5.02 Å². The van der Waals surface area contributed by atoms with Crippen molar-refractivity contribution in [1.29, 1.82) is 0 Å². The molecule has 0 atom stereocenters. The molecule has 2 aromatic rings. The Hall–Kier alpha value is -1.41. The molecule has 0 saturated carbocycles. The number of benzene rings is 2. The molecule has 0 aliphatic heterocycles. The van der Waals surface area contributed by atoms with Crippen molar-refractivity contribution in [2.24, 2.45) is 5.11 Å². The van der Waals surface area contributed by atoms with E-state index in [1.54, 1.807) is 12.1 Å². The molecule has 0 amide bonds. The monoisotopic (exact) mass is 189 g/mol. The Balaban J connectivity index is 2.86. The summed E-state index contributed by atoms with van der Waals surface area (Å²) in [5.74, 6) is 0. The molecule has 2 rings (SSSR count). The Morgan fingerprint density at radius 1 is 1.15 bits per heavy atom. The van der Waals surface area contributed by atoms with Gasteiger partial charge < -0.3 is 10.6 Å². The molecular weight excluding hydrogens is 184 g/mol. The van der Waals surface area contributed by atoms with E-state index in [0.29, 0.717) is 10.7 Å². The molecule has 0 heterocycles. The molecule has 0 radical (unpaired) electrons. The number of nitrogens with zero attached hydrogens (tertiary/aromatic N) is 2. The van der Waals surface area contributed by atoms with Gasteiger partial charge in [0.25, 0.3) is 0 Å². The predicted molar refractivity (Wildman–Crippen MR) is 54.4 cm³/mol. The van der Waals surface area contributed by atoms with Crippen LogP contribution in [0.25, 0.3) is 16.3 Å². The zero-order chi connectivity index (χ0) is 9.26. The third-order valence-corrected chi connectivity index (χ3v) is 2.16. The van der Waals surface area contributed by atoms with Gasteiger partial charge in [0.15, 0.2) is 0 Å². The van der Waals surface area contributed by atoms with E-state index in [0.717, 1.165) is 10.8 Å². The number of hydrogen-bond donors (Lipinski definition) is 0. The number of fused-ring (bicyclic) bond motifs is 1. The maximum Gasteiger partial charge on any atom is 0.0476 e. The second-order valence-corrected chi connectivity index (χ2v) is 3.18. The van der Waals surface area contributed by atoms with Crippen molar-refractivity contribution in [3.05, 3.63) is 47.0 Å². The lowest BCUT2D eigenvalue weighted by Crippen LogP contribution is -1.72. The zero-order valence-electron chi connectivity index (χ0n) is 6.74. The van der Waals surface area contributed by atoms with Crippen molar-refractivity contribution in [2.45, 2.75) is 0 Å². The molecule has 0 saturated heterocycles. The van der Waals surface area contributed by atoms with Crippen LogP contribution < -0.4 is 0 Å². The summed E-state index contributed by atoms with van der Waals surface area (Å²) in [6.45, 7) is 0. The molecule has 0 N–H and O–H groups in total. The van der Waals surface area contributed by atoms with E-state index in [9.17, 15) is 0 Å². The highest BCUT2D eigenvalue weighted by atomic mass is 35.5. The molecule has 2 nitrogen and oxygen atoms in total. The van der Waals surface area contributed by atoms with Crippen LogP contribution in [-0.2, 0) is 0 Å². The van der Waals surface area contributed by atoms with Gasteiger partial charge in [-0.25, -0.2) is 0 Å². The predicted octanol–water partition coefficient (Wildman–Crippen LogP) is 4.15. The third kappa shape index (κ3) is 1.40. The molecule has 0 aromatic heterocycles. The number of hydrogen-bond acceptors (Lipinski definition) is 1. The first-order valence-electron chi connectivity index (χ1n) is 3.84. The molecule has 64 valence electrons. The zero-order valence-corrected chi connectivity index (χ0v) is 7.49. The van der Waals surface area contributed by atoms with Gasteiger partial charge in [0, 0.05) is 16.1 Å². The molecule has 2 aromatic carbocycles. The normalized spacial score (nSPS) is 10.2. The van der Waals surface area contributed by atoms with Crippen molar-refractivity contribution < 1.29 is 0 Å². The van der Waals surface area contributed by atoms with Crippen molar-refractivity contribution in [2.75, 3.05) is 0 Å². The topological polar surface area (TPSA) is 34.7 Å². The van der Waals surface area contributed by atoms with Crippen molar-refractivity contribution >= 4 is 28.1 Å². The maximum atomic E-state index is 8.71. The highest BCUT2D eigenvalue weighted by molar-refractivity contribution is 6.31. The quantitative estimate of drug-likeness (QED) is 0.605. The highest BCUT2D eigenvalue weighted by Crippen LogP contribution is 2.28. The molecule has 0 unspecified atom stereocenters. The second kappa shape index (κ2) is 3.15. The summed E-state index contributed by atoms with van der Waals surface area (Å²) in [6.07, 6.45) is 0. The average Bonchev–Trinajstić information content (AvgIpc) is 2.17. The van der Waals surface area contributed by atoms with Gasteiger partial charge in [-0.3, -0.25) is 0 Å². The van der Waals surface area contributed by atoms with Gasteiger partial charge in [0.1, 0.15) is 0 Å². The Bertz CT molecular complexity index is 465. The molecular formula is C10H6ClN2-. The van der Waals surface area contributed by atoms with E-state index in [1.807, 2.05) is 24.3 Å². The van der Waals surface area contributed by atoms with Gasteiger partial charge >= 0.3 is 0 Å². The Morgan fingerprint density at radius 2 is 2.00 bits per heavy atom. The minimum Gasteiger partial charge on any atom is -0.706 e. The lowest BCUT2D eigenvalue weighted by molar-refractivity contribution is 1.54. The summed E-state index contributed by atoms with van der Waals surface area (Å²) < 4.78 is 0. The largest absolute Gasteiger partial charge is 0.706 e. The van der Waals surface area contributed by atoms with Crippen LogP contribution in [0.5, 0.6) is 0 Å². The third-order valence-electron chi connectivity index (χ3n) is 1.93. The van der Waals surface area contributed by atoms with Crippen molar-refractivity contribution in [1.82, 2.24) is 0 Å². The van der Waals surface area contributed by atoms with E-state index < -0.39 is 0 Å². The molecule has 0 aliphatic rings. The van der Waals surface area contributed by atoms with Crippen LogP contribution in [0.15, 0.2) is 41.5 Å². The first-order valence-corrected chi connectivity index (χ1v) is 4.22. The van der Waals surface area contributed by atoms with Crippen LogP contribution in [-0.4, -0.2) is 0 Å². The summed E-state index contributed by atoms with van der Waals surface area (Å²) in [5, 5.41) is 5.70. The summed E-state index contributed by atoms with van der Waals surface area (Å²) >= 11 is 5.82. The molecule has 0 aliphatic carbocycles. The van der Waals surface area contributed by atoms with E-state index in [2.05, 4.69) is 5.11 Å². The Labute approximate surface area is 80.7 Å². The van der Waals surface area contributed by atoms with E-state index in [4.69, 9.17) is 17.1 Å². The fourth-order valence-electron chi connectivity index (χ4n) is 1.32. The first-order chi connectivity index (χ1) is 6.31. The van der Waals surface area contributed by atoms with Gasteiger partial charge in [-0.2, -0.15) is 0 Å². The van der Waals surface area contributed by atoms with Crippen LogP contribution in [0.3, 0.4) is 0 Å². The average molecular weight is 190 g/mol. The van der Waals surface area contributed by atoms with Gasteiger partial charge in [-0.15, -0.1) is 0 Å². The second-order valence-electron chi connectivity index (χ2n) is 2.74. The van der Waals surface area contributed by atoms with Gasteiger partial charge in [0.05, 0.1) is 0 Å². The molecule has 0 bridgehead atoms. The summed E-state index contributed by atoms with van der Waals surface area (Å²) in [6, 6.07) is 11.0. The van der Waals surface area contributed by atoms with Crippen LogP contribution >= 0.6 is 11.6 Å². The molecule has 3 heteroatoms. The van der Waals surface area contributed by atoms with Crippen LogP contribution in [0.1, 0.15) is 0 Å². The van der Waals surface area contributed by atoms with E-state index in [-0.39, 0.29) is 0 Å². The summed E-state index contributed by atoms with van der Waals surface area (Å²) in [4.78, 5) is 0. The minimum absolute atomic E-state index is 0.542. The van der Waals surface area contributed by atoms with E-state index in [1.165, 1.54) is 0 Å².